The summed E-state index contributed by atoms with van der Waals surface area (Å²) in [5.41, 5.74) is 0. The van der Waals surface area contributed by atoms with Crippen LogP contribution >= 0.6 is 7.82 Å². The van der Waals surface area contributed by atoms with Gasteiger partial charge < -0.3 is 28.5 Å². The van der Waals surface area contributed by atoms with Crippen LogP contribution in [0.2, 0.25) is 0 Å². The molecule has 446 valence electrons. The molecule has 3 atom stereocenters. The molecule has 9 nitrogen and oxygen atoms in total. The van der Waals surface area contributed by atoms with E-state index in [-0.39, 0.29) is 31.3 Å². The molecular weight excluding hydrogens is 976 g/mol. The van der Waals surface area contributed by atoms with Crippen LogP contribution in [0.3, 0.4) is 0 Å². The fourth-order valence-corrected chi connectivity index (χ4v) is 9.66. The first-order valence-corrected chi connectivity index (χ1v) is 33.4. The minimum atomic E-state index is -4.71. The fraction of sp³-hybridized carbons (Fsp3) is 0.761. The van der Waals surface area contributed by atoms with Crippen LogP contribution in [0, 0.1) is 0 Å². The fourth-order valence-electron chi connectivity index (χ4n) is 8.94. The summed E-state index contributed by atoms with van der Waals surface area (Å²) in [7, 11) is 1.16. The molecule has 0 aromatic rings. The van der Waals surface area contributed by atoms with Crippen LogP contribution in [-0.2, 0) is 27.9 Å². The van der Waals surface area contributed by atoms with Gasteiger partial charge in [0.15, 0.2) is 0 Å². The van der Waals surface area contributed by atoms with Crippen molar-refractivity contribution in [1.82, 2.24) is 5.32 Å². The SMILES string of the molecule is CC/C=C\C/C=C\C/C=C\C/C=C\C/C=C\C/C=C\CCCCCCC(=O)NC(COP(=O)([O-])OCC[N+](C)(C)C)C(/C=C\CCCCCCCCCCC)OC(=O)CCCCCCCCCCCCCCCCCCC. The maximum absolute atomic E-state index is 13.5. The van der Waals surface area contributed by atoms with E-state index < -0.39 is 26.6 Å². The van der Waals surface area contributed by atoms with Crippen molar-refractivity contribution in [3.05, 3.63) is 85.1 Å². The normalized spacial score (nSPS) is 14.2. The van der Waals surface area contributed by atoms with Gasteiger partial charge in [-0.1, -0.05) is 267 Å². The molecule has 77 heavy (non-hydrogen) atoms. The molecule has 0 heterocycles. The Labute approximate surface area is 476 Å². The van der Waals surface area contributed by atoms with E-state index in [1.54, 1.807) is 0 Å². The summed E-state index contributed by atoms with van der Waals surface area (Å²) in [4.78, 5) is 40.0. The average Bonchev–Trinajstić information content (AvgIpc) is 3.39. The smallest absolute Gasteiger partial charge is 0.306 e. The van der Waals surface area contributed by atoms with E-state index in [9.17, 15) is 19.0 Å². The van der Waals surface area contributed by atoms with Crippen LogP contribution < -0.4 is 10.2 Å². The summed E-state index contributed by atoms with van der Waals surface area (Å²) in [5, 5.41) is 3.02. The lowest BCUT2D eigenvalue weighted by Crippen LogP contribution is -2.47. The van der Waals surface area contributed by atoms with Crippen molar-refractivity contribution in [3.63, 3.8) is 0 Å². The molecule has 10 heteroatoms. The molecule has 0 aliphatic rings. The van der Waals surface area contributed by atoms with Gasteiger partial charge in [0.25, 0.3) is 7.82 Å². The molecule has 0 radical (unpaired) electrons. The number of esters is 1. The van der Waals surface area contributed by atoms with E-state index in [4.69, 9.17) is 13.8 Å². The first-order chi connectivity index (χ1) is 37.4. The molecule has 0 bridgehead atoms. The van der Waals surface area contributed by atoms with Gasteiger partial charge in [0.1, 0.15) is 19.3 Å². The standard InChI is InChI=1S/C67H121N2O7P/c1-7-10-13-16-19-22-25-27-29-31-32-33-34-35-36-38-39-41-44-47-50-53-56-59-66(70)68-64(63-75-77(72,73)74-62-61-69(4,5)6)65(58-55-52-49-46-43-24-21-18-15-12-9-3)76-67(71)60-57-54-51-48-45-42-40-37-30-28-26-23-20-17-14-11-8-2/h10,13,19,22,27,29,32-33,35-36,39,41,55,58,64-65H,7-9,11-12,14-18,20-21,23-26,28,30-31,34,37-38,40,42-54,56-57,59-63H2,1-6H3,(H-,68,70,72,73)/b13-10-,22-19-,29-27-,33-32-,36-35-,41-39-,58-55-. The number of carbonyl (C=O) groups excluding carboxylic acids is 2. The van der Waals surface area contributed by atoms with Gasteiger partial charge in [-0.05, 0) is 83.1 Å². The molecule has 0 spiro atoms. The van der Waals surface area contributed by atoms with Crippen molar-refractivity contribution in [1.29, 1.82) is 0 Å². The lowest BCUT2D eigenvalue weighted by Gasteiger charge is -2.30. The van der Waals surface area contributed by atoms with Crippen molar-refractivity contribution in [2.45, 2.75) is 290 Å². The van der Waals surface area contributed by atoms with Crippen LogP contribution in [0.4, 0.5) is 0 Å². The molecular formula is C67H121N2O7P. The Balaban J connectivity index is 5.22. The molecule has 0 saturated carbocycles. The van der Waals surface area contributed by atoms with Gasteiger partial charge in [0.05, 0.1) is 33.8 Å². The molecule has 3 unspecified atom stereocenters. The van der Waals surface area contributed by atoms with Gasteiger partial charge in [-0.2, -0.15) is 0 Å². The second-order valence-corrected chi connectivity index (χ2v) is 23.9. The highest BCUT2D eigenvalue weighted by molar-refractivity contribution is 7.45. The third-order valence-corrected chi connectivity index (χ3v) is 14.8. The molecule has 0 aromatic carbocycles. The summed E-state index contributed by atoms with van der Waals surface area (Å²) in [5.74, 6) is -0.567. The summed E-state index contributed by atoms with van der Waals surface area (Å²) in [6.07, 6.45) is 74.1. The van der Waals surface area contributed by atoms with Crippen LogP contribution in [0.1, 0.15) is 278 Å². The van der Waals surface area contributed by atoms with Crippen LogP contribution in [0.25, 0.3) is 0 Å². The van der Waals surface area contributed by atoms with E-state index >= 15 is 0 Å². The Morgan fingerprint density at radius 3 is 1.25 bits per heavy atom. The van der Waals surface area contributed by atoms with E-state index in [1.807, 2.05) is 33.3 Å². The van der Waals surface area contributed by atoms with Gasteiger partial charge in [-0.15, -0.1) is 0 Å². The Hall–Kier alpha value is -2.81. The largest absolute Gasteiger partial charge is 0.756 e. The average molecular weight is 1100 g/mol. The zero-order valence-electron chi connectivity index (χ0n) is 50.9. The highest BCUT2D eigenvalue weighted by atomic mass is 31.2. The maximum Gasteiger partial charge on any atom is 0.306 e. The van der Waals surface area contributed by atoms with Gasteiger partial charge >= 0.3 is 5.97 Å². The number of ether oxygens (including phenoxy) is 1. The zero-order chi connectivity index (χ0) is 56.4. The Bertz CT molecular complexity index is 1590. The molecule has 1 N–H and O–H groups in total. The number of rotatable bonds is 57. The number of carbonyl (C=O) groups is 2. The second kappa shape index (κ2) is 56.5. The number of amides is 1. The number of phosphoric ester groups is 1. The summed E-state index contributed by atoms with van der Waals surface area (Å²) >= 11 is 0. The Morgan fingerprint density at radius 1 is 0.468 bits per heavy atom. The number of phosphoric acid groups is 1. The highest BCUT2D eigenvalue weighted by Crippen LogP contribution is 2.38. The Kier molecular flexibility index (Phi) is 54.4. The second-order valence-electron chi connectivity index (χ2n) is 22.5. The van der Waals surface area contributed by atoms with Gasteiger partial charge in [-0.25, -0.2) is 0 Å². The number of hydrogen-bond acceptors (Lipinski definition) is 7. The van der Waals surface area contributed by atoms with E-state index in [1.165, 1.54) is 135 Å². The third kappa shape index (κ3) is 57.7. The number of nitrogens with one attached hydrogen (secondary N) is 1. The van der Waals surface area contributed by atoms with Crippen molar-refractivity contribution in [2.24, 2.45) is 0 Å². The van der Waals surface area contributed by atoms with Crippen molar-refractivity contribution >= 4 is 19.7 Å². The van der Waals surface area contributed by atoms with Gasteiger partial charge in [0.2, 0.25) is 5.91 Å². The maximum atomic E-state index is 13.5. The molecule has 0 aliphatic heterocycles. The minimum Gasteiger partial charge on any atom is -0.756 e. The molecule has 0 rings (SSSR count). The predicted octanol–water partition coefficient (Wildman–Crippen LogP) is 19.1. The summed E-state index contributed by atoms with van der Waals surface area (Å²) in [6.45, 7) is 6.72. The predicted molar refractivity (Wildman–Crippen MR) is 330 cm³/mol. The lowest BCUT2D eigenvalue weighted by molar-refractivity contribution is -0.870. The number of nitrogens with zero attached hydrogens (tertiary/aromatic N) is 1. The van der Waals surface area contributed by atoms with E-state index in [0.717, 1.165) is 103 Å². The molecule has 0 aliphatic carbocycles. The molecule has 1 amide bonds. The number of likely N-dealkylation sites (N-methyl/N-ethyl adjacent to an activating group) is 1. The number of quaternary nitrogens is 1. The lowest BCUT2D eigenvalue weighted by atomic mass is 10.0. The van der Waals surface area contributed by atoms with Crippen LogP contribution in [-0.4, -0.2) is 69.4 Å². The van der Waals surface area contributed by atoms with Gasteiger partial charge in [-0.3, -0.25) is 14.2 Å². The topological polar surface area (TPSA) is 114 Å². The molecule has 0 aromatic heterocycles. The first-order valence-electron chi connectivity index (χ1n) is 31.9. The molecule has 0 saturated heterocycles. The van der Waals surface area contributed by atoms with E-state index in [0.29, 0.717) is 17.4 Å². The number of hydrogen-bond donors (Lipinski definition) is 1. The van der Waals surface area contributed by atoms with Crippen LogP contribution in [0.5, 0.6) is 0 Å². The highest BCUT2D eigenvalue weighted by Gasteiger charge is 2.27. The van der Waals surface area contributed by atoms with Crippen LogP contribution in [0.15, 0.2) is 85.1 Å². The number of allylic oxidation sites excluding steroid dienone is 13. The Morgan fingerprint density at radius 2 is 0.831 bits per heavy atom. The number of unbranched alkanes of at least 4 members (excludes halogenated alkanes) is 29. The molecule has 0 fully saturated rings. The van der Waals surface area contributed by atoms with Gasteiger partial charge in [0, 0.05) is 12.8 Å². The van der Waals surface area contributed by atoms with E-state index in [2.05, 4.69) is 99.0 Å². The van der Waals surface area contributed by atoms with Crippen molar-refractivity contribution in [3.8, 4) is 0 Å². The minimum absolute atomic E-state index is 0.0299. The monoisotopic (exact) mass is 1100 g/mol. The van der Waals surface area contributed by atoms with Crippen molar-refractivity contribution < 1.29 is 37.3 Å². The first kappa shape index (κ1) is 74.2. The zero-order valence-corrected chi connectivity index (χ0v) is 51.8. The third-order valence-electron chi connectivity index (χ3n) is 13.8. The van der Waals surface area contributed by atoms with Crippen molar-refractivity contribution in [2.75, 3.05) is 40.9 Å². The summed E-state index contributed by atoms with van der Waals surface area (Å²) < 4.78 is 30.3. The quantitative estimate of drug-likeness (QED) is 0.0212. The summed E-state index contributed by atoms with van der Waals surface area (Å²) in [6, 6.07) is -0.904.